The van der Waals surface area contributed by atoms with Gasteiger partial charge in [-0.3, -0.25) is 9.69 Å². The number of rotatable bonds is 7. The molecule has 14 heteroatoms. The van der Waals surface area contributed by atoms with Crippen LogP contribution in [-0.2, 0) is 34.5 Å². The van der Waals surface area contributed by atoms with E-state index in [0.29, 0.717) is 12.1 Å². The molecule has 1 amide bonds. The summed E-state index contributed by atoms with van der Waals surface area (Å²) in [6, 6.07) is 2.98. The zero-order valence-corrected chi connectivity index (χ0v) is 21.8. The number of halogens is 9. The molecule has 0 spiro atoms. The van der Waals surface area contributed by atoms with Crippen molar-refractivity contribution >= 4 is 17.7 Å². The van der Waals surface area contributed by atoms with Crippen molar-refractivity contribution in [3.8, 4) is 0 Å². The smallest absolute Gasteiger partial charge is 0.416 e. The molecule has 0 aromatic heterocycles. The molecule has 5 nitrogen and oxygen atoms in total. The number of fused-ring (bicyclic) bond motifs is 1. The predicted octanol–water partition coefficient (Wildman–Crippen LogP) is 8.31. The lowest BCUT2D eigenvalue weighted by atomic mass is 9.74. The van der Waals surface area contributed by atoms with Gasteiger partial charge in [0.25, 0.3) is 0 Å². The van der Waals surface area contributed by atoms with Gasteiger partial charge in [0.2, 0.25) is 0 Å². The summed E-state index contributed by atoms with van der Waals surface area (Å²) in [6.07, 6.45) is -17.1. The molecule has 0 saturated carbocycles. The summed E-state index contributed by atoms with van der Waals surface area (Å²) in [7, 11) is 0. The second-order valence-electron chi connectivity index (χ2n) is 9.84. The Labute approximate surface area is 228 Å². The molecule has 2 aromatic carbocycles. The number of aryl methyl sites for hydroxylation is 1. The van der Waals surface area contributed by atoms with Crippen molar-refractivity contribution in [2.24, 2.45) is 5.92 Å². The number of amides is 1. The number of anilines is 1. The number of alkyl halides is 9. The number of nitrogens with zero attached hydrogens (tertiary/aromatic N) is 1. The van der Waals surface area contributed by atoms with Gasteiger partial charge in [-0.1, -0.05) is 0 Å². The first-order valence-electron chi connectivity index (χ1n) is 12.5. The number of carboxylic acid groups (broad SMARTS) is 1. The Hall–Kier alpha value is -3.45. The highest BCUT2D eigenvalue weighted by molar-refractivity contribution is 5.90. The van der Waals surface area contributed by atoms with Gasteiger partial charge in [-0.15, -0.1) is 0 Å². The minimum absolute atomic E-state index is 0.0164. The Morgan fingerprint density at radius 2 is 1.49 bits per heavy atom. The van der Waals surface area contributed by atoms with E-state index in [1.54, 1.807) is 6.92 Å². The standard InChI is InChI=1S/C27H26F9NO4/c1-3-41-24(40)37-14(2)8-20(21-13-17(25(28,29)30)6-7-22(21)37)16(11-23(38)39)5-4-15-9-18(26(31,32)33)12-19(10-15)27(34,35)36/h6-7,9-10,12-14,16,20H,3-5,8,11H2,1-2H3,(H,38,39)/t14-,16?,20-/m1/s1. The summed E-state index contributed by atoms with van der Waals surface area (Å²) >= 11 is 0. The lowest BCUT2D eigenvalue weighted by Crippen LogP contribution is -2.45. The molecule has 0 fully saturated rings. The van der Waals surface area contributed by atoms with Crippen LogP contribution >= 0.6 is 0 Å². The number of hydrogen-bond acceptors (Lipinski definition) is 3. The van der Waals surface area contributed by atoms with Crippen molar-refractivity contribution in [2.75, 3.05) is 11.5 Å². The Morgan fingerprint density at radius 3 is 1.98 bits per heavy atom. The zero-order chi connectivity index (χ0) is 30.9. The minimum Gasteiger partial charge on any atom is -0.481 e. The molecule has 2 aromatic rings. The third kappa shape index (κ3) is 7.64. The van der Waals surface area contributed by atoms with Gasteiger partial charge >= 0.3 is 30.6 Å². The summed E-state index contributed by atoms with van der Waals surface area (Å²) in [5, 5.41) is 9.56. The average molecular weight is 599 g/mol. The van der Waals surface area contributed by atoms with E-state index in [0.717, 1.165) is 23.1 Å². The molecule has 1 unspecified atom stereocenters. The van der Waals surface area contributed by atoms with Crippen LogP contribution in [0.1, 0.15) is 66.8 Å². The van der Waals surface area contributed by atoms with Gasteiger partial charge in [0, 0.05) is 12.5 Å². The SMILES string of the molecule is CCOC(=O)N1c2ccc(C(F)(F)F)cc2[C@@H](C(CCc2cc(C(F)(F)F)cc(C(F)(F)F)c2)CC(=O)O)C[C@H]1C. The molecule has 0 bridgehead atoms. The highest BCUT2D eigenvalue weighted by atomic mass is 19.4. The molecule has 0 aliphatic carbocycles. The number of carboxylic acids is 1. The predicted molar refractivity (Wildman–Crippen MR) is 128 cm³/mol. The van der Waals surface area contributed by atoms with Crippen molar-refractivity contribution in [3.05, 3.63) is 64.2 Å². The van der Waals surface area contributed by atoms with Crippen molar-refractivity contribution in [1.82, 2.24) is 0 Å². The third-order valence-electron chi connectivity index (χ3n) is 6.97. The quantitative estimate of drug-likeness (QED) is 0.325. The highest BCUT2D eigenvalue weighted by Crippen LogP contribution is 2.47. The van der Waals surface area contributed by atoms with Crippen LogP contribution in [0.2, 0.25) is 0 Å². The van der Waals surface area contributed by atoms with Crippen LogP contribution in [0.3, 0.4) is 0 Å². The fourth-order valence-corrected chi connectivity index (χ4v) is 5.19. The number of benzene rings is 2. The largest absolute Gasteiger partial charge is 0.481 e. The molecular weight excluding hydrogens is 573 g/mol. The van der Waals surface area contributed by atoms with Crippen LogP contribution in [0.25, 0.3) is 0 Å². The fourth-order valence-electron chi connectivity index (χ4n) is 5.19. The summed E-state index contributed by atoms with van der Waals surface area (Å²) in [5.41, 5.74) is -4.46. The second-order valence-corrected chi connectivity index (χ2v) is 9.84. The van der Waals surface area contributed by atoms with E-state index in [1.807, 2.05) is 0 Å². The van der Waals surface area contributed by atoms with Crippen LogP contribution in [0.5, 0.6) is 0 Å². The van der Waals surface area contributed by atoms with E-state index in [-0.39, 0.29) is 42.3 Å². The number of hydrogen-bond donors (Lipinski definition) is 1. The van der Waals surface area contributed by atoms with Crippen LogP contribution in [0.15, 0.2) is 36.4 Å². The molecule has 3 atom stereocenters. The molecule has 0 radical (unpaired) electrons. The molecule has 0 saturated heterocycles. The Morgan fingerprint density at radius 1 is 0.927 bits per heavy atom. The van der Waals surface area contributed by atoms with Crippen molar-refractivity contribution < 1.29 is 58.9 Å². The maximum Gasteiger partial charge on any atom is 0.416 e. The molecule has 41 heavy (non-hydrogen) atoms. The van der Waals surface area contributed by atoms with Crippen LogP contribution in [0, 0.1) is 5.92 Å². The third-order valence-corrected chi connectivity index (χ3v) is 6.97. The van der Waals surface area contributed by atoms with E-state index in [9.17, 15) is 54.2 Å². The van der Waals surface area contributed by atoms with E-state index in [1.165, 1.54) is 6.92 Å². The van der Waals surface area contributed by atoms with Crippen LogP contribution < -0.4 is 4.90 Å². The minimum atomic E-state index is -5.08. The Kier molecular flexibility index (Phi) is 9.23. The van der Waals surface area contributed by atoms with Gasteiger partial charge in [0.05, 0.1) is 29.0 Å². The summed E-state index contributed by atoms with van der Waals surface area (Å²) in [4.78, 5) is 25.5. The highest BCUT2D eigenvalue weighted by Gasteiger charge is 2.41. The Balaban J connectivity index is 2.07. The normalized spacial score (nSPS) is 18.6. The first kappa shape index (κ1) is 32.1. The van der Waals surface area contributed by atoms with Gasteiger partial charge in [0.1, 0.15) is 0 Å². The van der Waals surface area contributed by atoms with E-state index >= 15 is 0 Å². The number of carbonyl (C=O) groups is 2. The molecule has 1 aliphatic rings. The summed E-state index contributed by atoms with van der Waals surface area (Å²) < 4.78 is 126. The number of ether oxygens (including phenoxy) is 1. The van der Waals surface area contributed by atoms with Gasteiger partial charge in [-0.25, -0.2) is 4.79 Å². The maximum absolute atomic E-state index is 13.6. The number of carbonyl (C=O) groups excluding carboxylic acids is 1. The maximum atomic E-state index is 13.6. The van der Waals surface area contributed by atoms with Crippen LogP contribution in [0.4, 0.5) is 50.0 Å². The van der Waals surface area contributed by atoms with E-state index in [4.69, 9.17) is 4.74 Å². The van der Waals surface area contributed by atoms with Gasteiger partial charge in [-0.05, 0) is 92.5 Å². The zero-order valence-electron chi connectivity index (χ0n) is 21.8. The molecule has 3 rings (SSSR count). The summed E-state index contributed by atoms with van der Waals surface area (Å²) in [6.45, 7) is 3.08. The second kappa shape index (κ2) is 11.8. The van der Waals surface area contributed by atoms with Gasteiger partial charge < -0.3 is 9.84 Å². The Bertz CT molecular complexity index is 1240. The average Bonchev–Trinajstić information content (AvgIpc) is 2.84. The first-order valence-corrected chi connectivity index (χ1v) is 12.5. The topological polar surface area (TPSA) is 66.8 Å². The molecular formula is C27H26F9NO4. The lowest BCUT2D eigenvalue weighted by molar-refractivity contribution is -0.143. The van der Waals surface area contributed by atoms with Crippen molar-refractivity contribution in [3.63, 3.8) is 0 Å². The lowest BCUT2D eigenvalue weighted by Gasteiger charge is -2.41. The monoisotopic (exact) mass is 599 g/mol. The molecule has 226 valence electrons. The summed E-state index contributed by atoms with van der Waals surface area (Å²) in [5.74, 6) is -3.27. The number of aliphatic carboxylic acids is 1. The van der Waals surface area contributed by atoms with E-state index < -0.39 is 78.0 Å². The van der Waals surface area contributed by atoms with Crippen LogP contribution in [-0.4, -0.2) is 29.8 Å². The fraction of sp³-hybridized carbons (Fsp3) is 0.481. The molecule has 1 aliphatic heterocycles. The van der Waals surface area contributed by atoms with Crippen molar-refractivity contribution in [2.45, 2.75) is 70.0 Å². The van der Waals surface area contributed by atoms with Gasteiger partial charge in [-0.2, -0.15) is 39.5 Å². The van der Waals surface area contributed by atoms with Crippen molar-refractivity contribution in [1.29, 1.82) is 0 Å². The molecule has 1 N–H and O–H groups in total. The van der Waals surface area contributed by atoms with E-state index in [2.05, 4.69) is 0 Å². The van der Waals surface area contributed by atoms with Gasteiger partial charge in [0.15, 0.2) is 0 Å². The molecule has 1 heterocycles. The first-order chi connectivity index (χ1) is 18.8.